The van der Waals surface area contributed by atoms with Gasteiger partial charge in [0, 0.05) is 31.2 Å². The molecule has 2 aliphatic rings. The fourth-order valence-electron chi connectivity index (χ4n) is 4.37. The van der Waals surface area contributed by atoms with Crippen molar-refractivity contribution in [3.8, 4) is 28.7 Å². The van der Waals surface area contributed by atoms with Crippen molar-refractivity contribution in [2.75, 3.05) is 19.7 Å². The van der Waals surface area contributed by atoms with Crippen LogP contribution in [-0.2, 0) is 11.3 Å². The van der Waals surface area contributed by atoms with Gasteiger partial charge < -0.3 is 15.0 Å². The molecule has 1 fully saturated rings. The largest absolute Gasteiger partial charge is 0.491 e. The topological polar surface area (TPSA) is 104 Å². The molecule has 2 N–H and O–H groups in total. The summed E-state index contributed by atoms with van der Waals surface area (Å²) in [5.74, 6) is 2.55. The van der Waals surface area contributed by atoms with E-state index in [1.165, 1.54) is 5.56 Å². The van der Waals surface area contributed by atoms with Crippen molar-refractivity contribution in [2.45, 2.75) is 51.7 Å². The van der Waals surface area contributed by atoms with Gasteiger partial charge in [-0.05, 0) is 45.4 Å². The van der Waals surface area contributed by atoms with Crippen molar-refractivity contribution in [3.63, 3.8) is 0 Å². The molecule has 0 spiro atoms. The number of nitrogens with zero attached hydrogens (tertiary/aromatic N) is 6. The summed E-state index contributed by atoms with van der Waals surface area (Å²) >= 11 is 0. The second-order valence-corrected chi connectivity index (χ2v) is 9.39. The maximum absolute atomic E-state index is 11.7. The monoisotopic (exact) mass is 435 g/mol. The molecule has 3 aromatic rings. The number of ether oxygens (including phenoxy) is 1. The summed E-state index contributed by atoms with van der Waals surface area (Å²) in [7, 11) is 0. The summed E-state index contributed by atoms with van der Waals surface area (Å²) in [5.41, 5.74) is 7.93. The molecule has 0 atom stereocenters. The zero-order chi connectivity index (χ0) is 22.6. The maximum Gasteiger partial charge on any atom is 0.237 e. The highest BCUT2D eigenvalue weighted by atomic mass is 16.5. The highest BCUT2D eigenvalue weighted by Gasteiger charge is 2.41. The van der Waals surface area contributed by atoms with E-state index in [4.69, 9.17) is 15.5 Å². The Morgan fingerprint density at radius 2 is 2.03 bits per heavy atom. The minimum absolute atomic E-state index is 0.203. The van der Waals surface area contributed by atoms with Crippen LogP contribution in [0.15, 0.2) is 30.7 Å². The number of fused-ring (bicyclic) bond motifs is 3. The number of benzene rings is 1. The number of rotatable bonds is 5. The van der Waals surface area contributed by atoms with E-state index in [-0.39, 0.29) is 11.9 Å². The normalized spacial score (nSPS) is 16.8. The number of primary amides is 1. The number of carbonyl (C=O) groups excluding carboxylic acids is 1. The molecule has 9 nitrogen and oxygen atoms in total. The molecule has 4 heterocycles. The van der Waals surface area contributed by atoms with Crippen LogP contribution >= 0.6 is 0 Å². The predicted octanol–water partition coefficient (Wildman–Crippen LogP) is 2.45. The second-order valence-electron chi connectivity index (χ2n) is 9.39. The van der Waals surface area contributed by atoms with Gasteiger partial charge in [-0.3, -0.25) is 9.69 Å². The fourth-order valence-corrected chi connectivity index (χ4v) is 4.37. The Kier molecular flexibility index (Phi) is 4.81. The minimum Gasteiger partial charge on any atom is -0.491 e. The zero-order valence-corrected chi connectivity index (χ0v) is 18.9. The second kappa shape index (κ2) is 7.44. The molecule has 168 valence electrons. The van der Waals surface area contributed by atoms with Crippen molar-refractivity contribution in [1.29, 1.82) is 0 Å². The first-order chi connectivity index (χ1) is 15.3. The summed E-state index contributed by atoms with van der Waals surface area (Å²) in [6.45, 7) is 10.8. The van der Waals surface area contributed by atoms with Gasteiger partial charge in [0.1, 0.15) is 30.2 Å². The maximum atomic E-state index is 11.7. The van der Waals surface area contributed by atoms with Crippen LogP contribution in [0.1, 0.15) is 45.2 Å². The lowest BCUT2D eigenvalue weighted by atomic mass is 9.85. The van der Waals surface area contributed by atoms with Crippen molar-refractivity contribution in [3.05, 3.63) is 36.3 Å². The van der Waals surface area contributed by atoms with E-state index in [0.29, 0.717) is 19.1 Å². The predicted molar refractivity (Wildman–Crippen MR) is 120 cm³/mol. The number of likely N-dealkylation sites (tertiary alicyclic amines) is 1. The molecule has 1 amide bonds. The van der Waals surface area contributed by atoms with E-state index >= 15 is 0 Å². The number of hydrogen-bond donors (Lipinski definition) is 1. The quantitative estimate of drug-likeness (QED) is 0.660. The smallest absolute Gasteiger partial charge is 0.237 e. The van der Waals surface area contributed by atoms with Gasteiger partial charge in [0.15, 0.2) is 5.82 Å². The Morgan fingerprint density at radius 3 is 2.75 bits per heavy atom. The third-order valence-electron chi connectivity index (χ3n) is 6.65. The SMILES string of the molecule is CC(C)n1ncnc1-c1cn2c(n1)-c1ccc(C3CN(C(C)(C)C(N)=O)C3)cc1OCC2. The van der Waals surface area contributed by atoms with E-state index in [2.05, 4.69) is 51.6 Å². The van der Waals surface area contributed by atoms with Crippen LogP contribution in [-0.4, -0.2) is 60.4 Å². The fraction of sp³-hybridized carbons (Fsp3) is 0.478. The lowest BCUT2D eigenvalue weighted by Crippen LogP contribution is -2.61. The van der Waals surface area contributed by atoms with Gasteiger partial charge in [0.05, 0.1) is 17.6 Å². The number of nitrogens with two attached hydrogens (primary N) is 1. The van der Waals surface area contributed by atoms with Crippen LogP contribution in [0, 0.1) is 0 Å². The van der Waals surface area contributed by atoms with Crippen LogP contribution in [0.4, 0.5) is 0 Å². The summed E-state index contributed by atoms with van der Waals surface area (Å²) < 4.78 is 10.1. The van der Waals surface area contributed by atoms with Crippen molar-refractivity contribution >= 4 is 5.91 Å². The van der Waals surface area contributed by atoms with Crippen LogP contribution < -0.4 is 10.5 Å². The molecule has 9 heteroatoms. The number of aromatic nitrogens is 5. The summed E-state index contributed by atoms with van der Waals surface area (Å²) in [4.78, 5) is 23.2. The summed E-state index contributed by atoms with van der Waals surface area (Å²) in [5, 5.41) is 4.34. The van der Waals surface area contributed by atoms with E-state index in [1.54, 1.807) is 6.33 Å². The first kappa shape index (κ1) is 20.7. The van der Waals surface area contributed by atoms with Crippen LogP contribution in [0.5, 0.6) is 5.75 Å². The molecule has 2 aromatic heterocycles. The lowest BCUT2D eigenvalue weighted by Gasteiger charge is -2.47. The van der Waals surface area contributed by atoms with Gasteiger partial charge in [-0.25, -0.2) is 14.6 Å². The zero-order valence-electron chi connectivity index (χ0n) is 18.9. The Balaban J connectivity index is 1.43. The Hall–Kier alpha value is -3.20. The standard InChI is InChI=1S/C23H29N7O2/c1-14(2)30-21(25-13-26-30)18-12-28-7-8-32-19-9-15(5-6-17(19)20(28)27-18)16-10-29(11-16)23(3,4)22(24)31/h5-6,9,12-14,16H,7-8,10-11H2,1-4H3,(H2,24,31). The van der Waals surface area contributed by atoms with Crippen LogP contribution in [0.3, 0.4) is 0 Å². The van der Waals surface area contributed by atoms with Crippen molar-refractivity contribution in [2.24, 2.45) is 5.73 Å². The minimum atomic E-state index is -0.629. The molecule has 5 rings (SSSR count). The first-order valence-electron chi connectivity index (χ1n) is 11.0. The molecule has 0 saturated carbocycles. The lowest BCUT2D eigenvalue weighted by molar-refractivity contribution is -0.131. The molecule has 0 radical (unpaired) electrons. The van der Waals surface area contributed by atoms with Crippen LogP contribution in [0.2, 0.25) is 0 Å². The van der Waals surface area contributed by atoms with Crippen molar-refractivity contribution in [1.82, 2.24) is 29.2 Å². The molecule has 2 aliphatic heterocycles. The van der Waals surface area contributed by atoms with E-state index in [9.17, 15) is 4.79 Å². The first-order valence-corrected chi connectivity index (χ1v) is 11.0. The number of hydrogen-bond acceptors (Lipinski definition) is 6. The van der Waals surface area contributed by atoms with E-state index in [1.807, 2.05) is 24.7 Å². The third-order valence-corrected chi connectivity index (χ3v) is 6.65. The Morgan fingerprint density at radius 1 is 1.25 bits per heavy atom. The van der Waals surface area contributed by atoms with Gasteiger partial charge >= 0.3 is 0 Å². The van der Waals surface area contributed by atoms with Crippen LogP contribution in [0.25, 0.3) is 22.9 Å². The molecule has 1 saturated heterocycles. The summed E-state index contributed by atoms with van der Waals surface area (Å²) in [6, 6.07) is 6.55. The Labute approximate surface area is 187 Å². The third kappa shape index (κ3) is 3.28. The molecule has 0 unspecified atom stereocenters. The van der Waals surface area contributed by atoms with Gasteiger partial charge in [-0.2, -0.15) is 5.10 Å². The highest BCUT2D eigenvalue weighted by Crippen LogP contribution is 2.39. The average Bonchev–Trinajstić information content (AvgIpc) is 3.31. The number of carbonyl (C=O) groups is 1. The highest BCUT2D eigenvalue weighted by molar-refractivity contribution is 5.83. The Bertz CT molecular complexity index is 1170. The van der Waals surface area contributed by atoms with E-state index in [0.717, 1.165) is 41.7 Å². The van der Waals surface area contributed by atoms with Gasteiger partial charge in [0.2, 0.25) is 5.91 Å². The molecule has 0 bridgehead atoms. The summed E-state index contributed by atoms with van der Waals surface area (Å²) in [6.07, 6.45) is 3.60. The van der Waals surface area contributed by atoms with Gasteiger partial charge in [0.25, 0.3) is 0 Å². The van der Waals surface area contributed by atoms with Crippen molar-refractivity contribution < 1.29 is 9.53 Å². The van der Waals surface area contributed by atoms with E-state index < -0.39 is 5.54 Å². The number of amides is 1. The molecule has 32 heavy (non-hydrogen) atoms. The van der Waals surface area contributed by atoms with Gasteiger partial charge in [-0.1, -0.05) is 6.07 Å². The number of imidazole rings is 1. The molecular formula is C23H29N7O2. The average molecular weight is 436 g/mol. The van der Waals surface area contributed by atoms with Gasteiger partial charge in [-0.15, -0.1) is 0 Å². The molecule has 0 aliphatic carbocycles. The molecular weight excluding hydrogens is 406 g/mol. The molecule has 1 aromatic carbocycles.